The summed E-state index contributed by atoms with van der Waals surface area (Å²) in [5.41, 5.74) is 0. The molecule has 1 saturated carbocycles. The van der Waals surface area contributed by atoms with E-state index in [-0.39, 0.29) is 6.29 Å². The maximum Gasteiger partial charge on any atom is 0.160 e. The summed E-state index contributed by atoms with van der Waals surface area (Å²) in [6, 6.07) is 0. The summed E-state index contributed by atoms with van der Waals surface area (Å²) < 4.78 is 16.4. The van der Waals surface area contributed by atoms with E-state index in [0.717, 1.165) is 19.6 Å². The molecule has 0 amide bonds. The highest BCUT2D eigenvalue weighted by Gasteiger charge is 2.46. The van der Waals surface area contributed by atoms with Gasteiger partial charge in [0.15, 0.2) is 6.29 Å². The van der Waals surface area contributed by atoms with Crippen molar-refractivity contribution in [1.29, 1.82) is 0 Å². The first-order valence-electron chi connectivity index (χ1n) is 4.82. The standard InChI is InChI=1S/C9H14O3/c1-2-7-8(12-7)5-6(1)9-10-3-4-11-9/h6-9H,1-5H2/t6-,7-,8+/m0/s1. The first-order valence-corrected chi connectivity index (χ1v) is 4.82. The molecule has 0 N–H and O–H groups in total. The third-order valence-electron chi connectivity index (χ3n) is 3.08. The minimum Gasteiger partial charge on any atom is -0.370 e. The van der Waals surface area contributed by atoms with Crippen LogP contribution >= 0.6 is 0 Å². The van der Waals surface area contributed by atoms with Gasteiger partial charge in [0.25, 0.3) is 0 Å². The Morgan fingerprint density at radius 1 is 0.917 bits per heavy atom. The second-order valence-corrected chi connectivity index (χ2v) is 3.90. The van der Waals surface area contributed by atoms with Gasteiger partial charge in [-0.1, -0.05) is 0 Å². The summed E-state index contributed by atoms with van der Waals surface area (Å²) in [6.45, 7) is 1.55. The van der Waals surface area contributed by atoms with Crippen molar-refractivity contribution in [3.8, 4) is 0 Å². The molecule has 3 nitrogen and oxygen atoms in total. The fourth-order valence-corrected chi connectivity index (χ4v) is 2.33. The molecule has 1 aliphatic carbocycles. The molecule has 3 aliphatic rings. The van der Waals surface area contributed by atoms with Gasteiger partial charge in [0.05, 0.1) is 25.4 Å². The summed E-state index contributed by atoms with van der Waals surface area (Å²) in [7, 11) is 0. The molecule has 3 fully saturated rings. The lowest BCUT2D eigenvalue weighted by Gasteiger charge is -2.23. The molecule has 2 heterocycles. The minimum atomic E-state index is 0.0788. The summed E-state index contributed by atoms with van der Waals surface area (Å²) in [4.78, 5) is 0. The highest BCUT2D eigenvalue weighted by atomic mass is 16.7. The Bertz CT molecular complexity index is 177. The second kappa shape index (κ2) is 2.69. The Labute approximate surface area is 72.0 Å². The molecule has 0 radical (unpaired) electrons. The fourth-order valence-electron chi connectivity index (χ4n) is 2.33. The Morgan fingerprint density at radius 2 is 1.75 bits per heavy atom. The summed E-state index contributed by atoms with van der Waals surface area (Å²) in [5, 5.41) is 0. The molecule has 2 saturated heterocycles. The van der Waals surface area contributed by atoms with Gasteiger partial charge in [-0.2, -0.15) is 0 Å². The third kappa shape index (κ3) is 1.16. The average Bonchev–Trinajstić information content (AvgIpc) is 2.66. The Hall–Kier alpha value is -0.120. The van der Waals surface area contributed by atoms with Gasteiger partial charge < -0.3 is 14.2 Å². The zero-order valence-electron chi connectivity index (χ0n) is 7.07. The minimum absolute atomic E-state index is 0.0788. The third-order valence-corrected chi connectivity index (χ3v) is 3.08. The van der Waals surface area contributed by atoms with Crippen LogP contribution in [-0.4, -0.2) is 31.7 Å². The van der Waals surface area contributed by atoms with Crippen LogP contribution in [0.25, 0.3) is 0 Å². The van der Waals surface area contributed by atoms with Crippen molar-refractivity contribution in [3.63, 3.8) is 0 Å². The van der Waals surface area contributed by atoms with Crippen LogP contribution in [-0.2, 0) is 14.2 Å². The number of ether oxygens (including phenoxy) is 3. The molecule has 0 aromatic heterocycles. The molecule has 0 bridgehead atoms. The molecule has 3 atom stereocenters. The second-order valence-electron chi connectivity index (χ2n) is 3.90. The maximum absolute atomic E-state index is 5.48. The van der Waals surface area contributed by atoms with Crippen LogP contribution in [0.1, 0.15) is 19.3 Å². The summed E-state index contributed by atoms with van der Waals surface area (Å²) in [5.74, 6) is 0.594. The topological polar surface area (TPSA) is 31.0 Å². The molecule has 0 spiro atoms. The Kier molecular flexibility index (Phi) is 1.63. The SMILES string of the molecule is C1COC([C@H]2CC[C@@H]3O[C@@H]3C2)O1. The van der Waals surface area contributed by atoms with E-state index in [1.807, 2.05) is 0 Å². The smallest absolute Gasteiger partial charge is 0.160 e. The number of rotatable bonds is 1. The predicted molar refractivity (Wildman–Crippen MR) is 41.7 cm³/mol. The molecule has 2 aliphatic heterocycles. The summed E-state index contributed by atoms with van der Waals surface area (Å²) in [6.07, 6.45) is 4.77. The molecular formula is C9H14O3. The Morgan fingerprint density at radius 3 is 2.50 bits per heavy atom. The van der Waals surface area contributed by atoms with Crippen molar-refractivity contribution in [1.82, 2.24) is 0 Å². The van der Waals surface area contributed by atoms with Crippen LogP contribution in [0.15, 0.2) is 0 Å². The number of hydrogen-bond acceptors (Lipinski definition) is 3. The van der Waals surface area contributed by atoms with Crippen molar-refractivity contribution in [2.75, 3.05) is 13.2 Å². The maximum atomic E-state index is 5.48. The number of epoxide rings is 1. The van der Waals surface area contributed by atoms with Gasteiger partial charge in [-0.3, -0.25) is 0 Å². The summed E-state index contributed by atoms with van der Waals surface area (Å²) >= 11 is 0. The van der Waals surface area contributed by atoms with Crippen molar-refractivity contribution in [2.24, 2.45) is 5.92 Å². The van der Waals surface area contributed by atoms with Gasteiger partial charge in [0.2, 0.25) is 0 Å². The molecular weight excluding hydrogens is 156 g/mol. The van der Waals surface area contributed by atoms with Crippen molar-refractivity contribution in [2.45, 2.75) is 37.8 Å². The largest absolute Gasteiger partial charge is 0.370 e. The quantitative estimate of drug-likeness (QED) is 0.548. The molecule has 0 aromatic rings. The van der Waals surface area contributed by atoms with Gasteiger partial charge >= 0.3 is 0 Å². The van der Waals surface area contributed by atoms with Crippen LogP contribution in [0.4, 0.5) is 0 Å². The zero-order valence-corrected chi connectivity index (χ0v) is 7.07. The van der Waals surface area contributed by atoms with Gasteiger partial charge in [-0.25, -0.2) is 0 Å². The average molecular weight is 170 g/mol. The van der Waals surface area contributed by atoms with Gasteiger partial charge in [0.1, 0.15) is 0 Å². The van der Waals surface area contributed by atoms with Crippen LogP contribution in [0, 0.1) is 5.92 Å². The van der Waals surface area contributed by atoms with E-state index in [0.29, 0.717) is 18.1 Å². The van der Waals surface area contributed by atoms with Crippen LogP contribution in [0.3, 0.4) is 0 Å². The molecule has 68 valence electrons. The first-order chi connectivity index (χ1) is 5.93. The number of hydrogen-bond donors (Lipinski definition) is 0. The zero-order chi connectivity index (χ0) is 7.97. The fraction of sp³-hybridized carbons (Fsp3) is 1.00. The van der Waals surface area contributed by atoms with Gasteiger partial charge in [-0.05, 0) is 19.3 Å². The highest BCUT2D eigenvalue weighted by molar-refractivity contribution is 4.93. The van der Waals surface area contributed by atoms with Gasteiger partial charge in [-0.15, -0.1) is 0 Å². The predicted octanol–water partition coefficient (Wildman–Crippen LogP) is 0.927. The molecule has 3 heteroatoms. The number of fused-ring (bicyclic) bond motifs is 1. The van der Waals surface area contributed by atoms with Crippen molar-refractivity contribution >= 4 is 0 Å². The van der Waals surface area contributed by atoms with E-state index >= 15 is 0 Å². The van der Waals surface area contributed by atoms with Gasteiger partial charge in [0, 0.05) is 5.92 Å². The van der Waals surface area contributed by atoms with E-state index in [1.54, 1.807) is 0 Å². The normalized spacial score (nSPS) is 47.5. The van der Waals surface area contributed by atoms with E-state index in [4.69, 9.17) is 14.2 Å². The van der Waals surface area contributed by atoms with Crippen LogP contribution in [0.2, 0.25) is 0 Å². The molecule has 12 heavy (non-hydrogen) atoms. The highest BCUT2D eigenvalue weighted by Crippen LogP contribution is 2.41. The van der Waals surface area contributed by atoms with Crippen molar-refractivity contribution < 1.29 is 14.2 Å². The van der Waals surface area contributed by atoms with Crippen LogP contribution < -0.4 is 0 Å². The first kappa shape index (κ1) is 7.30. The molecule has 0 unspecified atom stereocenters. The molecule has 3 rings (SSSR count). The van der Waals surface area contributed by atoms with E-state index in [9.17, 15) is 0 Å². The molecule has 0 aromatic carbocycles. The lowest BCUT2D eigenvalue weighted by Crippen LogP contribution is -2.26. The van der Waals surface area contributed by atoms with E-state index < -0.39 is 0 Å². The van der Waals surface area contributed by atoms with E-state index in [1.165, 1.54) is 12.8 Å². The van der Waals surface area contributed by atoms with Crippen molar-refractivity contribution in [3.05, 3.63) is 0 Å². The lowest BCUT2D eigenvalue weighted by molar-refractivity contribution is -0.0904. The van der Waals surface area contributed by atoms with Crippen LogP contribution in [0.5, 0.6) is 0 Å². The lowest BCUT2D eigenvalue weighted by atomic mass is 9.89. The Balaban J connectivity index is 1.60. The van der Waals surface area contributed by atoms with E-state index in [2.05, 4.69) is 0 Å². The monoisotopic (exact) mass is 170 g/mol.